The van der Waals surface area contributed by atoms with E-state index in [1.165, 1.54) is 11.3 Å². The minimum absolute atomic E-state index is 0.00279. The van der Waals surface area contributed by atoms with Gasteiger partial charge in [-0.3, -0.25) is 9.59 Å². The van der Waals surface area contributed by atoms with Gasteiger partial charge >= 0.3 is 5.97 Å². The molecule has 1 aromatic rings. The number of nitrogens with one attached hydrogen (secondary N) is 1. The fourth-order valence-electron chi connectivity index (χ4n) is 1.15. The molecule has 1 rings (SSSR count). The van der Waals surface area contributed by atoms with Gasteiger partial charge in [-0.25, -0.2) is 0 Å². The number of hydrogen-bond acceptors (Lipinski definition) is 4. The van der Waals surface area contributed by atoms with Gasteiger partial charge in [0.05, 0.1) is 21.7 Å². The third-order valence-corrected chi connectivity index (χ3v) is 3.24. The van der Waals surface area contributed by atoms with Crippen LogP contribution in [-0.2, 0) is 4.79 Å². The molecule has 0 radical (unpaired) electrons. The van der Waals surface area contributed by atoms with Crippen LogP contribution in [0.5, 0.6) is 0 Å². The maximum Gasteiger partial charge on any atom is 0.304 e. The zero-order valence-corrected chi connectivity index (χ0v) is 10.3. The topological polar surface area (TPSA) is 66.4 Å². The predicted octanol–water partition coefficient (Wildman–Crippen LogP) is 2.04. The van der Waals surface area contributed by atoms with E-state index >= 15 is 0 Å². The summed E-state index contributed by atoms with van der Waals surface area (Å²) in [6.45, 7) is 1.99. The number of Topliss-reactive ketones (excluding diaryl/α,β-unsaturated/α-hetero) is 1. The molecule has 1 aromatic heterocycles. The van der Waals surface area contributed by atoms with Crippen molar-refractivity contribution in [3.63, 3.8) is 0 Å². The molecular weight excluding hydrogens is 250 g/mol. The van der Waals surface area contributed by atoms with Crippen LogP contribution in [0.15, 0.2) is 12.1 Å². The van der Waals surface area contributed by atoms with Gasteiger partial charge in [0.15, 0.2) is 5.78 Å². The second-order valence-corrected chi connectivity index (χ2v) is 5.00. The molecule has 0 aliphatic carbocycles. The van der Waals surface area contributed by atoms with Gasteiger partial charge in [0, 0.05) is 6.54 Å². The van der Waals surface area contributed by atoms with E-state index in [9.17, 15) is 9.59 Å². The van der Waals surface area contributed by atoms with E-state index in [0.717, 1.165) is 0 Å². The highest BCUT2D eigenvalue weighted by Gasteiger charge is 2.16. The molecule has 0 fully saturated rings. The summed E-state index contributed by atoms with van der Waals surface area (Å²) in [5.74, 6) is -0.950. The normalized spacial score (nSPS) is 12.4. The Morgan fingerprint density at radius 1 is 1.56 bits per heavy atom. The Bertz CT molecular complexity index is 391. The minimum Gasteiger partial charge on any atom is -0.481 e. The Balaban J connectivity index is 2.45. The van der Waals surface area contributed by atoms with E-state index in [-0.39, 0.29) is 18.7 Å². The van der Waals surface area contributed by atoms with Crippen molar-refractivity contribution >= 4 is 34.7 Å². The van der Waals surface area contributed by atoms with Crippen LogP contribution in [0.4, 0.5) is 0 Å². The van der Waals surface area contributed by atoms with Crippen molar-refractivity contribution in [1.82, 2.24) is 5.32 Å². The first-order chi connectivity index (χ1) is 7.50. The number of aliphatic carboxylic acids is 1. The summed E-state index contributed by atoms with van der Waals surface area (Å²) >= 11 is 6.95. The molecule has 0 amide bonds. The van der Waals surface area contributed by atoms with Gasteiger partial charge in [-0.1, -0.05) is 11.6 Å². The zero-order chi connectivity index (χ0) is 12.1. The van der Waals surface area contributed by atoms with Gasteiger partial charge in [0.1, 0.15) is 0 Å². The molecule has 0 saturated heterocycles. The fourth-order valence-corrected chi connectivity index (χ4v) is 2.22. The van der Waals surface area contributed by atoms with Crippen molar-refractivity contribution in [3.05, 3.63) is 21.3 Å². The van der Waals surface area contributed by atoms with Crippen molar-refractivity contribution < 1.29 is 14.7 Å². The number of thiophene rings is 1. The van der Waals surface area contributed by atoms with Crippen LogP contribution in [0.2, 0.25) is 4.34 Å². The van der Waals surface area contributed by atoms with Gasteiger partial charge in [-0.15, -0.1) is 11.3 Å². The van der Waals surface area contributed by atoms with E-state index in [0.29, 0.717) is 9.21 Å². The molecular formula is C10H12ClNO3S. The van der Waals surface area contributed by atoms with Crippen molar-refractivity contribution in [2.24, 2.45) is 0 Å². The maximum atomic E-state index is 11.8. The molecule has 0 aromatic carbocycles. The maximum absolute atomic E-state index is 11.8. The molecule has 1 atom stereocenters. The first-order valence-electron chi connectivity index (χ1n) is 4.75. The highest BCUT2D eigenvalue weighted by atomic mass is 35.5. The largest absolute Gasteiger partial charge is 0.481 e. The second-order valence-electron chi connectivity index (χ2n) is 3.29. The molecule has 1 heterocycles. The molecule has 16 heavy (non-hydrogen) atoms. The summed E-state index contributed by atoms with van der Waals surface area (Å²) in [7, 11) is 0. The summed E-state index contributed by atoms with van der Waals surface area (Å²) in [4.78, 5) is 22.6. The highest BCUT2D eigenvalue weighted by molar-refractivity contribution is 7.18. The Morgan fingerprint density at radius 3 is 2.75 bits per heavy atom. The second kappa shape index (κ2) is 5.98. The van der Waals surface area contributed by atoms with Crippen LogP contribution in [0, 0.1) is 0 Å². The average Bonchev–Trinajstić information content (AvgIpc) is 2.63. The Labute approximate surface area is 102 Å². The number of halogens is 1. The van der Waals surface area contributed by atoms with Crippen molar-refractivity contribution in [2.45, 2.75) is 19.4 Å². The number of carboxylic acid groups (broad SMARTS) is 1. The molecule has 0 spiro atoms. The molecule has 0 aliphatic rings. The SMILES string of the molecule is CC(NCCC(=O)O)C(=O)c1ccc(Cl)s1. The molecule has 2 N–H and O–H groups in total. The van der Waals surface area contributed by atoms with Gasteiger partial charge in [-0.2, -0.15) is 0 Å². The highest BCUT2D eigenvalue weighted by Crippen LogP contribution is 2.22. The Kier molecular flexibility index (Phi) is 4.92. The van der Waals surface area contributed by atoms with Gasteiger partial charge in [0.2, 0.25) is 0 Å². The van der Waals surface area contributed by atoms with E-state index in [4.69, 9.17) is 16.7 Å². The molecule has 0 aliphatic heterocycles. The van der Waals surface area contributed by atoms with E-state index < -0.39 is 12.0 Å². The van der Waals surface area contributed by atoms with Crippen molar-refractivity contribution in [1.29, 1.82) is 0 Å². The average molecular weight is 262 g/mol. The van der Waals surface area contributed by atoms with E-state index in [1.54, 1.807) is 19.1 Å². The third-order valence-electron chi connectivity index (χ3n) is 2.00. The Hall–Kier alpha value is -0.910. The predicted molar refractivity (Wildman–Crippen MR) is 63.4 cm³/mol. The zero-order valence-electron chi connectivity index (χ0n) is 8.70. The van der Waals surface area contributed by atoms with Gasteiger partial charge < -0.3 is 10.4 Å². The number of carboxylic acids is 1. The van der Waals surface area contributed by atoms with Crippen LogP contribution >= 0.6 is 22.9 Å². The number of carbonyl (C=O) groups is 2. The fraction of sp³-hybridized carbons (Fsp3) is 0.400. The first-order valence-corrected chi connectivity index (χ1v) is 5.95. The standard InChI is InChI=1S/C10H12ClNO3S/c1-6(12-5-4-9(13)14)10(15)7-2-3-8(11)16-7/h2-3,6,12H,4-5H2,1H3,(H,13,14). The van der Waals surface area contributed by atoms with Crippen LogP contribution < -0.4 is 5.32 Å². The quantitative estimate of drug-likeness (QED) is 0.769. The summed E-state index contributed by atoms with van der Waals surface area (Å²) < 4.78 is 0.570. The summed E-state index contributed by atoms with van der Waals surface area (Å²) in [6, 6.07) is 2.95. The first kappa shape index (κ1) is 13.2. The summed E-state index contributed by atoms with van der Waals surface area (Å²) in [5, 5.41) is 11.3. The minimum atomic E-state index is -0.883. The van der Waals surface area contributed by atoms with Crippen LogP contribution in [0.3, 0.4) is 0 Å². The van der Waals surface area contributed by atoms with E-state index in [1.807, 2.05) is 0 Å². The lowest BCUT2D eigenvalue weighted by atomic mass is 10.2. The smallest absolute Gasteiger partial charge is 0.304 e. The third kappa shape index (κ3) is 3.92. The molecule has 6 heteroatoms. The van der Waals surface area contributed by atoms with E-state index in [2.05, 4.69) is 5.32 Å². The van der Waals surface area contributed by atoms with Crippen molar-refractivity contribution in [3.8, 4) is 0 Å². The summed E-state index contributed by atoms with van der Waals surface area (Å²) in [5.41, 5.74) is 0. The van der Waals surface area contributed by atoms with Crippen LogP contribution in [-0.4, -0.2) is 29.4 Å². The number of rotatable bonds is 6. The van der Waals surface area contributed by atoms with Gasteiger partial charge in [-0.05, 0) is 19.1 Å². The lowest BCUT2D eigenvalue weighted by molar-refractivity contribution is -0.136. The van der Waals surface area contributed by atoms with Gasteiger partial charge in [0.25, 0.3) is 0 Å². The molecule has 88 valence electrons. The lowest BCUT2D eigenvalue weighted by Gasteiger charge is -2.10. The monoisotopic (exact) mass is 261 g/mol. The van der Waals surface area contributed by atoms with Crippen LogP contribution in [0.1, 0.15) is 23.0 Å². The van der Waals surface area contributed by atoms with Crippen LogP contribution in [0.25, 0.3) is 0 Å². The number of carbonyl (C=O) groups excluding carboxylic acids is 1. The molecule has 4 nitrogen and oxygen atoms in total. The molecule has 0 saturated carbocycles. The molecule has 1 unspecified atom stereocenters. The molecule has 0 bridgehead atoms. The summed E-state index contributed by atoms with van der Waals surface area (Å²) in [6.07, 6.45) is 0.00279. The number of ketones is 1. The Morgan fingerprint density at radius 2 is 2.25 bits per heavy atom. The number of hydrogen-bond donors (Lipinski definition) is 2. The lowest BCUT2D eigenvalue weighted by Crippen LogP contribution is -2.35. The van der Waals surface area contributed by atoms with Crippen molar-refractivity contribution in [2.75, 3.05) is 6.54 Å².